The first-order valence-corrected chi connectivity index (χ1v) is 11.9. The topological polar surface area (TPSA) is 0 Å². The van der Waals surface area contributed by atoms with E-state index in [2.05, 4.69) is 0 Å². The van der Waals surface area contributed by atoms with Gasteiger partial charge in [-0.05, 0) is 25.0 Å². The molecule has 0 fully saturated rings. The molecular weight excluding hydrogens is 678 g/mol. The molecule has 4 aromatic rings. The molecule has 0 aromatic heterocycles. The molecule has 0 amide bonds. The van der Waals surface area contributed by atoms with Crippen molar-refractivity contribution in [3.05, 3.63) is 138 Å². The van der Waals surface area contributed by atoms with Gasteiger partial charge in [0, 0.05) is 34.1 Å². The molecule has 4 rings (SSSR count). The molecule has 0 aliphatic rings. The fourth-order valence-corrected chi connectivity index (χ4v) is 4.92. The molecule has 4 aromatic carbocycles. The zero-order valence-corrected chi connectivity index (χ0v) is 22.0. The van der Waals surface area contributed by atoms with Crippen molar-refractivity contribution in [3.63, 3.8) is 0 Å². The third-order valence-electron chi connectivity index (χ3n) is 7.23. The predicted molar refractivity (Wildman–Crippen MR) is 118 cm³/mol. The lowest BCUT2D eigenvalue weighted by atomic mass is 9.70. The number of benzene rings is 4. The molecule has 0 saturated heterocycles. The molecule has 46 heavy (non-hydrogen) atoms. The largest absolute Gasteiger partial charge is 0.203 e. The Bertz CT molecular complexity index is 1570. The van der Waals surface area contributed by atoms with Crippen LogP contribution >= 0.6 is 0 Å². The lowest BCUT2D eigenvalue weighted by Crippen LogP contribution is -2.27. The minimum absolute atomic E-state index is 0.462. The fraction of sp³-hybridized carbons (Fsp3) is 0.143. The van der Waals surface area contributed by atoms with Gasteiger partial charge in [0.25, 0.3) is 0 Å². The van der Waals surface area contributed by atoms with Crippen LogP contribution in [0.1, 0.15) is 45.2 Å². The molecule has 18 heteroatoms. The van der Waals surface area contributed by atoms with Gasteiger partial charge in [-0.25, -0.2) is 79.0 Å². The van der Waals surface area contributed by atoms with E-state index in [0.29, 0.717) is 13.8 Å². The summed E-state index contributed by atoms with van der Waals surface area (Å²) in [5, 5.41) is 0. The Morgan fingerprint density at radius 3 is 0.652 bits per heavy atom. The molecule has 0 aliphatic heterocycles. The Kier molecular flexibility index (Phi) is 8.82. The summed E-state index contributed by atoms with van der Waals surface area (Å²) in [5.41, 5.74) is -12.6. The first-order valence-electron chi connectivity index (χ1n) is 11.9. The van der Waals surface area contributed by atoms with Gasteiger partial charge in [0.05, 0.1) is 0 Å². The summed E-state index contributed by atoms with van der Waals surface area (Å²) in [4.78, 5) is 0. The minimum atomic E-state index is -4.10. The quantitative estimate of drug-likeness (QED) is 0.112. The van der Waals surface area contributed by atoms with Crippen LogP contribution in [0.4, 0.5) is 79.0 Å². The Morgan fingerprint density at radius 1 is 0.217 bits per heavy atom. The Balaban J connectivity index is 2.47. The average Bonchev–Trinajstić information content (AvgIpc) is 3.03. The van der Waals surface area contributed by atoms with E-state index < -0.39 is 150 Å². The maximum atomic E-state index is 15.5. The molecule has 0 saturated carbocycles. The van der Waals surface area contributed by atoms with Gasteiger partial charge in [-0.1, -0.05) is 0 Å². The normalized spacial score (nSPS) is 12.5. The number of hydrogen-bond donors (Lipinski definition) is 0. The van der Waals surface area contributed by atoms with Crippen LogP contribution in [0, 0.1) is 119 Å². The summed E-state index contributed by atoms with van der Waals surface area (Å²) < 4.78 is 265. The minimum Gasteiger partial charge on any atom is -0.203 e. The van der Waals surface area contributed by atoms with Crippen molar-refractivity contribution in [3.8, 4) is 0 Å². The van der Waals surface area contributed by atoms with Crippen LogP contribution in [-0.4, -0.2) is 0 Å². The van der Waals surface area contributed by atoms with Crippen LogP contribution in [-0.2, 0) is 0 Å². The van der Waals surface area contributed by atoms with Crippen molar-refractivity contribution in [2.24, 2.45) is 0 Å². The van der Waals surface area contributed by atoms with Gasteiger partial charge in [0.15, 0.2) is 87.3 Å². The van der Waals surface area contributed by atoms with Gasteiger partial charge in [-0.2, -0.15) is 0 Å². The van der Waals surface area contributed by atoms with E-state index in [1.807, 2.05) is 0 Å². The highest BCUT2D eigenvalue weighted by Gasteiger charge is 2.47. The summed E-state index contributed by atoms with van der Waals surface area (Å²) in [7, 11) is 0. The smallest absolute Gasteiger partial charge is 0.200 e. The van der Waals surface area contributed by atoms with Gasteiger partial charge in [0.1, 0.15) is 0 Å². The van der Waals surface area contributed by atoms with E-state index in [1.165, 1.54) is 0 Å². The van der Waals surface area contributed by atoms with E-state index in [4.69, 9.17) is 0 Å². The summed E-state index contributed by atoms with van der Waals surface area (Å²) in [6.45, 7) is 1.00. The number of hydrogen-bond acceptors (Lipinski definition) is 0. The standard InChI is InChI=1S/C28H8F18/c1-3-4(2)11(29)19(37)12(30)5(3)6(8-13(31)20(38)26(44)21(39)14(8)32)7(9-15(33)22(40)27(45)23(41)16(9)34)10-17(35)24(42)28(46)25(43)18(10)36/h6-7H,1-2H3. The zero-order chi connectivity index (χ0) is 35.0. The molecule has 1 unspecified atom stereocenters. The van der Waals surface area contributed by atoms with Crippen molar-refractivity contribution < 1.29 is 79.0 Å². The molecule has 0 aliphatic carbocycles. The molecule has 0 heterocycles. The van der Waals surface area contributed by atoms with Crippen molar-refractivity contribution in [1.82, 2.24) is 0 Å². The second-order valence-electron chi connectivity index (χ2n) is 9.51. The first-order chi connectivity index (χ1) is 21.2. The van der Waals surface area contributed by atoms with Crippen LogP contribution in [0.2, 0.25) is 0 Å². The van der Waals surface area contributed by atoms with Crippen molar-refractivity contribution in [2.75, 3.05) is 0 Å². The van der Waals surface area contributed by atoms with E-state index in [1.54, 1.807) is 0 Å². The Morgan fingerprint density at radius 2 is 0.391 bits per heavy atom. The molecule has 0 radical (unpaired) electrons. The third kappa shape index (κ3) is 4.74. The van der Waals surface area contributed by atoms with Crippen LogP contribution in [0.5, 0.6) is 0 Å². The van der Waals surface area contributed by atoms with E-state index >= 15 is 30.7 Å². The van der Waals surface area contributed by atoms with E-state index in [9.17, 15) is 48.3 Å². The molecule has 246 valence electrons. The van der Waals surface area contributed by atoms with Crippen LogP contribution in [0.3, 0.4) is 0 Å². The van der Waals surface area contributed by atoms with E-state index in [-0.39, 0.29) is 0 Å². The van der Waals surface area contributed by atoms with Crippen molar-refractivity contribution in [1.29, 1.82) is 0 Å². The first kappa shape index (κ1) is 34.5. The van der Waals surface area contributed by atoms with Gasteiger partial charge >= 0.3 is 0 Å². The maximum absolute atomic E-state index is 15.5. The molecule has 0 spiro atoms. The highest BCUT2D eigenvalue weighted by Crippen LogP contribution is 2.51. The molecule has 0 N–H and O–H groups in total. The van der Waals surface area contributed by atoms with Gasteiger partial charge < -0.3 is 0 Å². The lowest BCUT2D eigenvalue weighted by molar-refractivity contribution is 0.338. The third-order valence-corrected chi connectivity index (χ3v) is 7.23. The molecule has 0 bridgehead atoms. The highest BCUT2D eigenvalue weighted by molar-refractivity contribution is 5.52. The molecular formula is C28H8F18. The summed E-state index contributed by atoms with van der Waals surface area (Å²) in [6, 6.07) is 0. The second-order valence-corrected chi connectivity index (χ2v) is 9.51. The van der Waals surface area contributed by atoms with Crippen molar-refractivity contribution >= 4 is 0 Å². The Labute approximate surface area is 243 Å². The summed E-state index contributed by atoms with van der Waals surface area (Å²) in [6.07, 6.45) is 0. The number of rotatable bonds is 5. The predicted octanol–water partition coefficient (Wildman–Crippen LogP) is 9.77. The molecule has 0 nitrogen and oxygen atoms in total. The van der Waals surface area contributed by atoms with Crippen LogP contribution < -0.4 is 0 Å². The summed E-state index contributed by atoms with van der Waals surface area (Å²) in [5.74, 6) is -62.3. The SMILES string of the molecule is Cc1c(C)c(C(c2c(F)c(F)c(F)c(F)c2F)C(c2c(F)c(F)c(F)c(F)c2F)c2c(F)c(F)c(F)c(F)c2F)c(F)c(F)c1F. The van der Waals surface area contributed by atoms with Crippen LogP contribution in [0.25, 0.3) is 0 Å². The fourth-order valence-electron chi connectivity index (χ4n) is 4.92. The maximum Gasteiger partial charge on any atom is 0.200 e. The number of halogens is 18. The van der Waals surface area contributed by atoms with Gasteiger partial charge in [0.2, 0.25) is 17.5 Å². The average molecular weight is 686 g/mol. The summed E-state index contributed by atoms with van der Waals surface area (Å²) >= 11 is 0. The monoisotopic (exact) mass is 686 g/mol. The van der Waals surface area contributed by atoms with Gasteiger partial charge in [-0.3, -0.25) is 0 Å². The second kappa shape index (κ2) is 11.8. The van der Waals surface area contributed by atoms with E-state index in [0.717, 1.165) is 0 Å². The van der Waals surface area contributed by atoms with Crippen LogP contribution in [0.15, 0.2) is 0 Å². The highest BCUT2D eigenvalue weighted by atomic mass is 19.2. The zero-order valence-electron chi connectivity index (χ0n) is 22.0. The van der Waals surface area contributed by atoms with Gasteiger partial charge in [-0.15, -0.1) is 0 Å². The lowest BCUT2D eigenvalue weighted by Gasteiger charge is -2.32. The molecule has 1 atom stereocenters. The Hall–Kier alpha value is -4.38. The van der Waals surface area contributed by atoms with Crippen molar-refractivity contribution in [2.45, 2.75) is 25.7 Å².